The molecule has 0 aliphatic carbocycles. The highest BCUT2D eigenvalue weighted by Crippen LogP contribution is 2.24. The average molecular weight is 351 g/mol. The largest absolute Gasteiger partial charge is 0.508 e. The Kier molecular flexibility index (Phi) is 5.71. The Morgan fingerprint density at radius 2 is 1.81 bits per heavy atom. The molecule has 2 aromatic rings. The zero-order valence-corrected chi connectivity index (χ0v) is 15.1. The predicted octanol–water partition coefficient (Wildman–Crippen LogP) is 4.22. The van der Waals surface area contributed by atoms with Gasteiger partial charge in [0.1, 0.15) is 5.75 Å². The summed E-state index contributed by atoms with van der Waals surface area (Å²) >= 11 is 0. The molecule has 136 valence electrons. The van der Waals surface area contributed by atoms with Crippen LogP contribution in [0.3, 0.4) is 0 Å². The molecule has 1 amide bonds. The van der Waals surface area contributed by atoms with Crippen molar-refractivity contribution in [2.75, 3.05) is 6.54 Å². The molecule has 1 aliphatic rings. The van der Waals surface area contributed by atoms with E-state index in [1.165, 1.54) is 12.5 Å². The topological polar surface area (TPSA) is 57.6 Å². The number of ketones is 1. The molecule has 3 rings (SSSR count). The van der Waals surface area contributed by atoms with Crippen molar-refractivity contribution in [2.24, 2.45) is 0 Å². The summed E-state index contributed by atoms with van der Waals surface area (Å²) in [7, 11) is 0. The minimum absolute atomic E-state index is 0.0171. The quantitative estimate of drug-likeness (QED) is 0.821. The molecule has 2 aromatic carbocycles. The first-order valence-electron chi connectivity index (χ1n) is 9.24. The second kappa shape index (κ2) is 8.17. The van der Waals surface area contributed by atoms with Crippen LogP contribution in [0.1, 0.15) is 58.9 Å². The number of benzene rings is 2. The van der Waals surface area contributed by atoms with Gasteiger partial charge in [-0.25, -0.2) is 0 Å². The van der Waals surface area contributed by atoms with E-state index in [1.54, 1.807) is 36.4 Å². The molecule has 1 aliphatic heterocycles. The van der Waals surface area contributed by atoms with E-state index in [9.17, 15) is 14.7 Å². The number of aryl methyl sites for hydroxylation is 1. The summed E-state index contributed by atoms with van der Waals surface area (Å²) in [4.78, 5) is 26.6. The third kappa shape index (κ3) is 4.31. The van der Waals surface area contributed by atoms with Crippen LogP contribution in [0.25, 0.3) is 0 Å². The number of piperidine rings is 1. The first-order valence-corrected chi connectivity index (χ1v) is 9.24. The summed E-state index contributed by atoms with van der Waals surface area (Å²) in [5, 5.41) is 9.40. The van der Waals surface area contributed by atoms with Crippen molar-refractivity contribution in [3.8, 4) is 5.75 Å². The fourth-order valence-electron chi connectivity index (χ4n) is 3.60. The van der Waals surface area contributed by atoms with Crippen LogP contribution in [0.4, 0.5) is 0 Å². The van der Waals surface area contributed by atoms with Crippen LogP contribution in [0, 0.1) is 0 Å². The molecule has 1 heterocycles. The number of amides is 1. The average Bonchev–Trinajstić information content (AvgIpc) is 2.67. The lowest BCUT2D eigenvalue weighted by Gasteiger charge is -2.36. The van der Waals surface area contributed by atoms with Crippen LogP contribution < -0.4 is 0 Å². The maximum absolute atomic E-state index is 13.0. The number of phenolic OH excluding ortho intramolecular Hbond substituents is 1. The molecular formula is C22H25NO3. The molecule has 1 fully saturated rings. The fourth-order valence-corrected chi connectivity index (χ4v) is 3.60. The number of hydrogen-bond donors (Lipinski definition) is 1. The number of carbonyl (C=O) groups excluding carboxylic acids is 2. The van der Waals surface area contributed by atoms with Crippen molar-refractivity contribution in [2.45, 2.75) is 45.1 Å². The van der Waals surface area contributed by atoms with Crippen LogP contribution in [0.15, 0.2) is 48.5 Å². The highest BCUT2D eigenvalue weighted by Gasteiger charge is 2.27. The minimum Gasteiger partial charge on any atom is -0.508 e. The zero-order valence-electron chi connectivity index (χ0n) is 15.1. The zero-order chi connectivity index (χ0) is 18.5. The summed E-state index contributed by atoms with van der Waals surface area (Å²) < 4.78 is 0. The van der Waals surface area contributed by atoms with Crippen LogP contribution in [-0.4, -0.2) is 34.3 Å². The van der Waals surface area contributed by atoms with Gasteiger partial charge in [-0.3, -0.25) is 9.59 Å². The van der Waals surface area contributed by atoms with Crippen LogP contribution in [0.5, 0.6) is 5.75 Å². The Morgan fingerprint density at radius 1 is 1.08 bits per heavy atom. The van der Waals surface area contributed by atoms with Crippen LogP contribution >= 0.6 is 0 Å². The van der Waals surface area contributed by atoms with Gasteiger partial charge in [0, 0.05) is 23.7 Å². The molecule has 1 N–H and O–H groups in total. The predicted molar refractivity (Wildman–Crippen MR) is 102 cm³/mol. The molecule has 0 saturated carbocycles. The molecule has 0 aromatic heterocycles. The summed E-state index contributed by atoms with van der Waals surface area (Å²) in [5.74, 6) is 0.263. The molecule has 4 nitrogen and oxygen atoms in total. The van der Waals surface area contributed by atoms with Gasteiger partial charge in [-0.1, -0.05) is 24.3 Å². The van der Waals surface area contributed by atoms with E-state index in [0.29, 0.717) is 11.1 Å². The highest BCUT2D eigenvalue weighted by molar-refractivity contribution is 5.99. The van der Waals surface area contributed by atoms with Crippen molar-refractivity contribution < 1.29 is 14.7 Å². The standard InChI is InChI=1S/C22H25NO3/c1-16(24)18-5-4-6-19(15-18)22(26)23-14-3-2-7-20(23)11-8-17-9-12-21(25)13-10-17/h4-6,9-10,12-13,15,20,25H,2-3,7-8,11,14H2,1H3/t20-/m1/s1. The molecular weight excluding hydrogens is 326 g/mol. The number of rotatable bonds is 5. The van der Waals surface area contributed by atoms with Gasteiger partial charge < -0.3 is 10.0 Å². The molecule has 0 radical (unpaired) electrons. The van der Waals surface area contributed by atoms with Crippen LogP contribution in [0.2, 0.25) is 0 Å². The third-order valence-corrected chi connectivity index (χ3v) is 5.11. The lowest BCUT2D eigenvalue weighted by atomic mass is 9.94. The van der Waals surface area contributed by atoms with E-state index in [0.717, 1.165) is 38.6 Å². The van der Waals surface area contributed by atoms with Gasteiger partial charge in [0.05, 0.1) is 0 Å². The third-order valence-electron chi connectivity index (χ3n) is 5.11. The maximum atomic E-state index is 13.0. The normalized spacial score (nSPS) is 17.1. The van der Waals surface area contributed by atoms with Gasteiger partial charge in [-0.15, -0.1) is 0 Å². The fraction of sp³-hybridized carbons (Fsp3) is 0.364. The van der Waals surface area contributed by atoms with Gasteiger partial charge in [0.2, 0.25) is 0 Å². The van der Waals surface area contributed by atoms with E-state index >= 15 is 0 Å². The smallest absolute Gasteiger partial charge is 0.254 e. The monoisotopic (exact) mass is 351 g/mol. The summed E-state index contributed by atoms with van der Waals surface area (Å²) in [6, 6.07) is 14.5. The molecule has 1 atom stereocenters. The number of carbonyl (C=O) groups is 2. The van der Waals surface area contributed by atoms with E-state index in [-0.39, 0.29) is 23.5 Å². The van der Waals surface area contributed by atoms with Gasteiger partial charge in [-0.2, -0.15) is 0 Å². The maximum Gasteiger partial charge on any atom is 0.254 e. The van der Waals surface area contributed by atoms with Crippen molar-refractivity contribution in [1.82, 2.24) is 4.90 Å². The summed E-state index contributed by atoms with van der Waals surface area (Å²) in [6.45, 7) is 2.29. The Bertz CT molecular complexity index is 782. The minimum atomic E-state index is -0.0258. The number of hydrogen-bond acceptors (Lipinski definition) is 3. The molecule has 26 heavy (non-hydrogen) atoms. The lowest BCUT2D eigenvalue weighted by molar-refractivity contribution is 0.0602. The summed E-state index contributed by atoms with van der Waals surface area (Å²) in [5.41, 5.74) is 2.34. The van der Waals surface area contributed by atoms with Crippen molar-refractivity contribution in [3.63, 3.8) is 0 Å². The SMILES string of the molecule is CC(=O)c1cccc(C(=O)N2CCCC[C@@H]2CCc2ccc(O)cc2)c1. The van der Waals surface area contributed by atoms with Gasteiger partial charge in [-0.05, 0) is 68.9 Å². The van der Waals surface area contributed by atoms with E-state index in [4.69, 9.17) is 0 Å². The number of aromatic hydroxyl groups is 1. The van der Waals surface area contributed by atoms with Gasteiger partial charge in [0.25, 0.3) is 5.91 Å². The molecule has 0 bridgehead atoms. The van der Waals surface area contributed by atoms with E-state index < -0.39 is 0 Å². The Labute approximate surface area is 154 Å². The highest BCUT2D eigenvalue weighted by atomic mass is 16.3. The molecule has 4 heteroatoms. The lowest BCUT2D eigenvalue weighted by Crippen LogP contribution is -2.44. The van der Waals surface area contributed by atoms with Crippen molar-refractivity contribution in [1.29, 1.82) is 0 Å². The number of Topliss-reactive ketones (excluding diaryl/α,β-unsaturated/α-hetero) is 1. The Balaban J connectivity index is 1.71. The molecule has 1 saturated heterocycles. The van der Waals surface area contributed by atoms with Gasteiger partial charge in [0.15, 0.2) is 5.78 Å². The second-order valence-electron chi connectivity index (χ2n) is 6.99. The number of likely N-dealkylation sites (tertiary alicyclic amines) is 1. The number of nitrogens with zero attached hydrogens (tertiary/aromatic N) is 1. The van der Waals surface area contributed by atoms with Crippen molar-refractivity contribution in [3.05, 3.63) is 65.2 Å². The summed E-state index contributed by atoms with van der Waals surface area (Å²) in [6.07, 6.45) is 4.95. The van der Waals surface area contributed by atoms with Crippen molar-refractivity contribution >= 4 is 11.7 Å². The first-order chi connectivity index (χ1) is 12.5. The Morgan fingerprint density at radius 3 is 2.54 bits per heavy atom. The van der Waals surface area contributed by atoms with Gasteiger partial charge >= 0.3 is 0 Å². The van der Waals surface area contributed by atoms with Crippen LogP contribution in [-0.2, 0) is 6.42 Å². The Hall–Kier alpha value is -2.62. The number of phenols is 1. The first kappa shape index (κ1) is 18.2. The van der Waals surface area contributed by atoms with E-state index in [2.05, 4.69) is 0 Å². The van der Waals surface area contributed by atoms with E-state index in [1.807, 2.05) is 17.0 Å². The molecule has 0 unspecified atom stereocenters. The second-order valence-corrected chi connectivity index (χ2v) is 6.99. The molecule has 0 spiro atoms.